The predicted molar refractivity (Wildman–Crippen MR) is 71.2 cm³/mol. The molecule has 92 valence electrons. The fourth-order valence-electron chi connectivity index (χ4n) is 2.48. The minimum atomic E-state index is 0.259. The SMILES string of the molecule is COCCNCC1(c2ccccc2)CC=CC1. The predicted octanol–water partition coefficient (Wildman–Crippen LogP) is 2.51. The third kappa shape index (κ3) is 2.96. The van der Waals surface area contributed by atoms with E-state index in [-0.39, 0.29) is 5.41 Å². The van der Waals surface area contributed by atoms with E-state index >= 15 is 0 Å². The van der Waals surface area contributed by atoms with Crippen molar-refractivity contribution in [1.82, 2.24) is 5.32 Å². The summed E-state index contributed by atoms with van der Waals surface area (Å²) in [7, 11) is 1.74. The van der Waals surface area contributed by atoms with Gasteiger partial charge < -0.3 is 10.1 Å². The Kier molecular flexibility index (Phi) is 4.35. The molecule has 2 heteroatoms. The van der Waals surface area contributed by atoms with Gasteiger partial charge in [0.25, 0.3) is 0 Å². The van der Waals surface area contributed by atoms with Gasteiger partial charge in [0.15, 0.2) is 0 Å². The first-order valence-corrected chi connectivity index (χ1v) is 6.28. The molecule has 0 aromatic heterocycles. The first-order valence-electron chi connectivity index (χ1n) is 6.28. The van der Waals surface area contributed by atoms with Crippen LogP contribution in [0.4, 0.5) is 0 Å². The first kappa shape index (κ1) is 12.3. The second-order valence-corrected chi connectivity index (χ2v) is 4.70. The highest BCUT2D eigenvalue weighted by Crippen LogP contribution is 2.36. The van der Waals surface area contributed by atoms with Crippen molar-refractivity contribution < 1.29 is 4.74 Å². The van der Waals surface area contributed by atoms with E-state index in [1.54, 1.807) is 7.11 Å². The lowest BCUT2D eigenvalue weighted by Gasteiger charge is -2.30. The molecule has 17 heavy (non-hydrogen) atoms. The lowest BCUT2D eigenvalue weighted by atomic mass is 9.78. The Morgan fingerprint density at radius 3 is 2.53 bits per heavy atom. The highest BCUT2D eigenvalue weighted by atomic mass is 16.5. The van der Waals surface area contributed by atoms with Crippen molar-refractivity contribution >= 4 is 0 Å². The van der Waals surface area contributed by atoms with Gasteiger partial charge in [-0.05, 0) is 18.4 Å². The van der Waals surface area contributed by atoms with Crippen molar-refractivity contribution in [3.8, 4) is 0 Å². The Morgan fingerprint density at radius 1 is 1.18 bits per heavy atom. The molecule has 0 saturated heterocycles. The molecular formula is C15H21NO. The quantitative estimate of drug-likeness (QED) is 0.600. The van der Waals surface area contributed by atoms with Crippen LogP contribution in [-0.2, 0) is 10.2 Å². The molecule has 0 fully saturated rings. The van der Waals surface area contributed by atoms with Gasteiger partial charge in [-0.15, -0.1) is 0 Å². The molecule has 2 rings (SSSR count). The van der Waals surface area contributed by atoms with E-state index in [2.05, 4.69) is 47.8 Å². The number of benzene rings is 1. The summed E-state index contributed by atoms with van der Waals surface area (Å²) in [6, 6.07) is 10.8. The zero-order valence-electron chi connectivity index (χ0n) is 10.5. The van der Waals surface area contributed by atoms with Gasteiger partial charge in [-0.3, -0.25) is 0 Å². The van der Waals surface area contributed by atoms with Crippen molar-refractivity contribution in [1.29, 1.82) is 0 Å². The first-order chi connectivity index (χ1) is 8.37. The van der Waals surface area contributed by atoms with Crippen LogP contribution in [0, 0.1) is 0 Å². The number of hydrogen-bond acceptors (Lipinski definition) is 2. The van der Waals surface area contributed by atoms with Crippen LogP contribution >= 0.6 is 0 Å². The second kappa shape index (κ2) is 5.99. The van der Waals surface area contributed by atoms with Gasteiger partial charge in [0, 0.05) is 25.6 Å². The Hall–Kier alpha value is -1.12. The number of rotatable bonds is 6. The molecule has 2 nitrogen and oxygen atoms in total. The van der Waals surface area contributed by atoms with E-state index in [0.717, 1.165) is 32.5 Å². The van der Waals surface area contributed by atoms with Crippen LogP contribution in [0.3, 0.4) is 0 Å². The summed E-state index contributed by atoms with van der Waals surface area (Å²) in [6.45, 7) is 2.72. The molecule has 0 saturated carbocycles. The topological polar surface area (TPSA) is 21.3 Å². The molecule has 0 atom stereocenters. The highest BCUT2D eigenvalue weighted by molar-refractivity contribution is 5.30. The average molecular weight is 231 g/mol. The van der Waals surface area contributed by atoms with E-state index in [4.69, 9.17) is 4.74 Å². The molecule has 1 aromatic carbocycles. The maximum atomic E-state index is 5.07. The third-order valence-corrected chi connectivity index (χ3v) is 3.52. The molecule has 1 aromatic rings. The molecule has 0 radical (unpaired) electrons. The zero-order valence-corrected chi connectivity index (χ0v) is 10.5. The second-order valence-electron chi connectivity index (χ2n) is 4.70. The van der Waals surface area contributed by atoms with Gasteiger partial charge in [-0.2, -0.15) is 0 Å². The lowest BCUT2D eigenvalue weighted by molar-refractivity contribution is 0.196. The Balaban J connectivity index is 2.01. The summed E-state index contributed by atoms with van der Waals surface area (Å²) >= 11 is 0. The molecule has 0 amide bonds. The monoisotopic (exact) mass is 231 g/mol. The number of allylic oxidation sites excluding steroid dienone is 2. The van der Waals surface area contributed by atoms with E-state index in [1.165, 1.54) is 5.56 Å². The van der Waals surface area contributed by atoms with Crippen LogP contribution in [0.5, 0.6) is 0 Å². The van der Waals surface area contributed by atoms with Crippen molar-refractivity contribution in [3.63, 3.8) is 0 Å². The van der Waals surface area contributed by atoms with Crippen molar-refractivity contribution in [2.24, 2.45) is 0 Å². The fourth-order valence-corrected chi connectivity index (χ4v) is 2.48. The van der Waals surface area contributed by atoms with Crippen LogP contribution in [0.2, 0.25) is 0 Å². The molecule has 1 N–H and O–H groups in total. The summed E-state index contributed by atoms with van der Waals surface area (Å²) in [5.41, 5.74) is 1.70. The normalized spacial score (nSPS) is 17.5. The third-order valence-electron chi connectivity index (χ3n) is 3.52. The number of methoxy groups -OCH3 is 1. The van der Waals surface area contributed by atoms with Gasteiger partial charge in [0.05, 0.1) is 6.61 Å². The van der Waals surface area contributed by atoms with Crippen LogP contribution < -0.4 is 5.32 Å². The van der Waals surface area contributed by atoms with Crippen LogP contribution in [-0.4, -0.2) is 26.8 Å². The van der Waals surface area contributed by atoms with Gasteiger partial charge >= 0.3 is 0 Å². The molecule has 1 aliphatic rings. The maximum Gasteiger partial charge on any atom is 0.0587 e. The van der Waals surface area contributed by atoms with Gasteiger partial charge in [0.1, 0.15) is 0 Å². The molecule has 1 aliphatic carbocycles. The zero-order chi connectivity index (χ0) is 12.0. The maximum absolute atomic E-state index is 5.07. The standard InChI is InChI=1S/C15H21NO/c1-17-12-11-16-13-15(9-5-6-10-15)14-7-3-2-4-8-14/h2-8,16H,9-13H2,1H3. The van der Waals surface area contributed by atoms with Gasteiger partial charge in [-0.1, -0.05) is 42.5 Å². The Morgan fingerprint density at radius 2 is 1.88 bits per heavy atom. The van der Waals surface area contributed by atoms with Crippen molar-refractivity contribution in [3.05, 3.63) is 48.0 Å². The number of nitrogens with one attached hydrogen (secondary N) is 1. The minimum Gasteiger partial charge on any atom is -0.383 e. The van der Waals surface area contributed by atoms with Crippen molar-refractivity contribution in [2.75, 3.05) is 26.8 Å². The van der Waals surface area contributed by atoms with Crippen LogP contribution in [0.15, 0.2) is 42.5 Å². The van der Waals surface area contributed by atoms with E-state index < -0.39 is 0 Å². The summed E-state index contributed by atoms with van der Waals surface area (Å²) in [5.74, 6) is 0. The van der Waals surface area contributed by atoms with E-state index in [1.807, 2.05) is 0 Å². The summed E-state index contributed by atoms with van der Waals surface area (Å²) in [5, 5.41) is 3.50. The summed E-state index contributed by atoms with van der Waals surface area (Å²) < 4.78 is 5.07. The minimum absolute atomic E-state index is 0.259. The molecule has 0 aliphatic heterocycles. The Labute approximate surface area is 104 Å². The highest BCUT2D eigenvalue weighted by Gasteiger charge is 2.32. The van der Waals surface area contributed by atoms with Crippen LogP contribution in [0.1, 0.15) is 18.4 Å². The number of ether oxygens (including phenoxy) is 1. The van der Waals surface area contributed by atoms with E-state index in [9.17, 15) is 0 Å². The van der Waals surface area contributed by atoms with Gasteiger partial charge in [0.2, 0.25) is 0 Å². The number of hydrogen-bond donors (Lipinski definition) is 1. The molecule has 0 spiro atoms. The summed E-state index contributed by atoms with van der Waals surface area (Å²) in [4.78, 5) is 0. The molecular weight excluding hydrogens is 210 g/mol. The smallest absolute Gasteiger partial charge is 0.0587 e. The lowest BCUT2D eigenvalue weighted by Crippen LogP contribution is -2.37. The molecule has 0 bridgehead atoms. The fraction of sp³-hybridized carbons (Fsp3) is 0.467. The molecule has 0 heterocycles. The summed E-state index contributed by atoms with van der Waals surface area (Å²) in [6.07, 6.45) is 6.87. The molecule has 0 unspecified atom stereocenters. The van der Waals surface area contributed by atoms with Crippen molar-refractivity contribution in [2.45, 2.75) is 18.3 Å². The largest absolute Gasteiger partial charge is 0.383 e. The van der Waals surface area contributed by atoms with Crippen LogP contribution in [0.25, 0.3) is 0 Å². The van der Waals surface area contributed by atoms with E-state index in [0.29, 0.717) is 0 Å². The average Bonchev–Trinajstić information content (AvgIpc) is 2.86. The Bertz CT molecular complexity index is 350. The van der Waals surface area contributed by atoms with Gasteiger partial charge in [-0.25, -0.2) is 0 Å².